The highest BCUT2D eigenvalue weighted by Gasteiger charge is 2.35. The van der Waals surface area contributed by atoms with Crippen molar-refractivity contribution in [2.75, 3.05) is 31.1 Å². The van der Waals surface area contributed by atoms with Crippen LogP contribution < -0.4 is 15.8 Å². The summed E-state index contributed by atoms with van der Waals surface area (Å²) in [7, 11) is 0. The third-order valence-electron chi connectivity index (χ3n) is 3.25. The van der Waals surface area contributed by atoms with Crippen molar-refractivity contribution in [1.82, 2.24) is 20.3 Å². The van der Waals surface area contributed by atoms with Gasteiger partial charge in [0.25, 0.3) is 11.5 Å². The molecule has 6 nitrogen and oxygen atoms in total. The second-order valence-electron chi connectivity index (χ2n) is 4.98. The van der Waals surface area contributed by atoms with Crippen molar-refractivity contribution in [2.45, 2.75) is 5.92 Å². The van der Waals surface area contributed by atoms with Crippen LogP contribution in [-0.4, -0.2) is 47.1 Å². The van der Waals surface area contributed by atoms with Gasteiger partial charge in [-0.25, -0.2) is 18.7 Å². The summed E-state index contributed by atoms with van der Waals surface area (Å²) in [5, 5.41) is 2.59. The third kappa shape index (κ3) is 3.97. The highest BCUT2D eigenvalue weighted by atomic mass is 35.5. The minimum atomic E-state index is -2.95. The van der Waals surface area contributed by atoms with Gasteiger partial charge in [0.1, 0.15) is 9.90 Å². The van der Waals surface area contributed by atoms with Crippen LogP contribution in [0, 0.1) is 0 Å². The van der Waals surface area contributed by atoms with E-state index in [1.165, 1.54) is 21.7 Å². The third-order valence-corrected chi connectivity index (χ3v) is 4.82. The molecule has 1 aliphatic rings. The highest BCUT2D eigenvalue weighted by Crippen LogP contribution is 2.31. The zero-order valence-electron chi connectivity index (χ0n) is 12.0. The molecule has 1 saturated heterocycles. The largest absolute Gasteiger partial charge is 0.348 e. The number of hydrogen-bond acceptors (Lipinski definition) is 6. The SMILES string of the molecule is Cl.O=c1[nH]c(-c2scnc2Cl)nc(N2CCNCC(F)(F)C2)c1Cl. The van der Waals surface area contributed by atoms with E-state index in [4.69, 9.17) is 23.2 Å². The second kappa shape index (κ2) is 7.49. The van der Waals surface area contributed by atoms with Gasteiger partial charge in [0.15, 0.2) is 16.8 Å². The molecule has 1 fully saturated rings. The first kappa shape index (κ1) is 19.3. The van der Waals surface area contributed by atoms with E-state index < -0.39 is 24.6 Å². The zero-order valence-corrected chi connectivity index (χ0v) is 15.1. The van der Waals surface area contributed by atoms with Crippen molar-refractivity contribution in [3.05, 3.63) is 26.0 Å². The minimum absolute atomic E-state index is 0. The number of nitrogens with zero attached hydrogens (tertiary/aromatic N) is 3. The van der Waals surface area contributed by atoms with Gasteiger partial charge < -0.3 is 15.2 Å². The lowest BCUT2D eigenvalue weighted by Crippen LogP contribution is -2.39. The Hall–Kier alpha value is -1.00. The smallest absolute Gasteiger partial charge is 0.277 e. The summed E-state index contributed by atoms with van der Waals surface area (Å²) in [5.41, 5.74) is 0.882. The van der Waals surface area contributed by atoms with Crippen LogP contribution >= 0.6 is 46.9 Å². The van der Waals surface area contributed by atoms with Crippen LogP contribution in [0.15, 0.2) is 10.3 Å². The first-order valence-electron chi connectivity index (χ1n) is 6.60. The van der Waals surface area contributed by atoms with Crippen LogP contribution in [0.1, 0.15) is 0 Å². The Kier molecular flexibility index (Phi) is 6.03. The molecular weight excluding hydrogens is 407 g/mol. The monoisotopic (exact) mass is 417 g/mol. The molecule has 0 saturated carbocycles. The molecule has 3 rings (SSSR count). The lowest BCUT2D eigenvalue weighted by molar-refractivity contribution is 0.0156. The fourth-order valence-electron chi connectivity index (χ4n) is 2.23. The first-order valence-corrected chi connectivity index (χ1v) is 8.23. The average Bonchev–Trinajstić information content (AvgIpc) is 2.82. The zero-order chi connectivity index (χ0) is 16.6. The number of alkyl halides is 2. The molecule has 0 amide bonds. The predicted molar refractivity (Wildman–Crippen MR) is 93.3 cm³/mol. The van der Waals surface area contributed by atoms with E-state index in [1.807, 2.05) is 0 Å². The number of thiazole rings is 1. The molecule has 3 heterocycles. The van der Waals surface area contributed by atoms with Gasteiger partial charge in [-0.15, -0.1) is 23.7 Å². The van der Waals surface area contributed by atoms with Crippen molar-refractivity contribution in [1.29, 1.82) is 0 Å². The van der Waals surface area contributed by atoms with Crippen molar-refractivity contribution in [3.63, 3.8) is 0 Å². The van der Waals surface area contributed by atoms with Gasteiger partial charge in [-0.3, -0.25) is 4.79 Å². The van der Waals surface area contributed by atoms with E-state index in [1.54, 1.807) is 0 Å². The van der Waals surface area contributed by atoms with Crippen LogP contribution in [0.5, 0.6) is 0 Å². The van der Waals surface area contributed by atoms with Gasteiger partial charge in [0.2, 0.25) is 0 Å². The maximum Gasteiger partial charge on any atom is 0.277 e. The topological polar surface area (TPSA) is 73.9 Å². The van der Waals surface area contributed by atoms with E-state index in [0.29, 0.717) is 11.4 Å². The predicted octanol–water partition coefficient (Wildman–Crippen LogP) is 2.67. The molecule has 2 N–H and O–H groups in total. The Morgan fingerprint density at radius 1 is 1.38 bits per heavy atom. The standard InChI is InChI=1S/C12H11Cl2F2N5OS.ClH/c13-6-10(21-2-1-17-3-12(15,16)4-21)19-9(20-11(6)22)7-8(14)18-5-23-7;/h5,17H,1-4H2,(H,19,20,22);1H. The number of rotatable bonds is 2. The fraction of sp³-hybridized carbons (Fsp3) is 0.417. The normalized spacial score (nSPS) is 17.2. The Bertz CT molecular complexity index is 784. The van der Waals surface area contributed by atoms with E-state index in [9.17, 15) is 13.6 Å². The second-order valence-corrected chi connectivity index (χ2v) is 6.57. The maximum atomic E-state index is 13.8. The van der Waals surface area contributed by atoms with Crippen LogP contribution in [-0.2, 0) is 0 Å². The molecule has 0 spiro atoms. The Balaban J connectivity index is 0.00000208. The Morgan fingerprint density at radius 3 is 2.79 bits per heavy atom. The quantitative estimate of drug-likeness (QED) is 0.784. The summed E-state index contributed by atoms with van der Waals surface area (Å²) in [6.45, 7) is -0.428. The lowest BCUT2D eigenvalue weighted by Gasteiger charge is -2.25. The molecule has 0 radical (unpaired) electrons. The molecule has 0 aliphatic carbocycles. The molecule has 0 bridgehead atoms. The van der Waals surface area contributed by atoms with Gasteiger partial charge in [0, 0.05) is 13.1 Å². The van der Waals surface area contributed by atoms with E-state index in [-0.39, 0.29) is 40.8 Å². The van der Waals surface area contributed by atoms with Crippen LogP contribution in [0.4, 0.5) is 14.6 Å². The number of nitrogens with one attached hydrogen (secondary N) is 2. The van der Waals surface area contributed by atoms with Crippen LogP contribution in [0.2, 0.25) is 10.2 Å². The first-order chi connectivity index (χ1) is 10.9. The van der Waals surface area contributed by atoms with Crippen LogP contribution in [0.25, 0.3) is 10.7 Å². The average molecular weight is 419 g/mol. The molecule has 0 aromatic carbocycles. The summed E-state index contributed by atoms with van der Waals surface area (Å²) in [4.78, 5) is 24.4. The maximum absolute atomic E-state index is 13.8. The summed E-state index contributed by atoms with van der Waals surface area (Å²) in [6.07, 6.45) is 0. The van der Waals surface area contributed by atoms with Gasteiger partial charge in [-0.2, -0.15) is 0 Å². The van der Waals surface area contributed by atoms with Crippen molar-refractivity contribution in [3.8, 4) is 10.7 Å². The number of aromatic nitrogens is 3. The number of anilines is 1. The molecule has 1 aliphatic heterocycles. The van der Waals surface area contributed by atoms with Gasteiger partial charge in [0.05, 0.1) is 18.6 Å². The summed E-state index contributed by atoms with van der Waals surface area (Å²) < 4.78 is 27.6. The highest BCUT2D eigenvalue weighted by molar-refractivity contribution is 7.13. The molecule has 2 aromatic rings. The molecule has 0 atom stereocenters. The summed E-state index contributed by atoms with van der Waals surface area (Å²) >= 11 is 13.1. The Labute approximate surface area is 155 Å². The number of H-pyrrole nitrogens is 1. The van der Waals surface area contributed by atoms with Gasteiger partial charge in [-0.1, -0.05) is 23.2 Å². The molecule has 24 heavy (non-hydrogen) atoms. The Morgan fingerprint density at radius 2 is 2.12 bits per heavy atom. The summed E-state index contributed by atoms with van der Waals surface area (Å²) in [6, 6.07) is 0. The molecular formula is C12H12Cl3F2N5OS. The number of aromatic amines is 1. The molecule has 2 aromatic heterocycles. The fourth-order valence-corrected chi connectivity index (χ4v) is 3.39. The molecule has 132 valence electrons. The van der Waals surface area contributed by atoms with E-state index in [0.717, 1.165) is 0 Å². The van der Waals surface area contributed by atoms with E-state index in [2.05, 4.69) is 20.3 Å². The number of halogens is 5. The molecule has 12 heteroatoms. The van der Waals surface area contributed by atoms with Gasteiger partial charge >= 0.3 is 0 Å². The van der Waals surface area contributed by atoms with Crippen molar-refractivity contribution in [2.24, 2.45) is 0 Å². The number of hydrogen-bond donors (Lipinski definition) is 2. The van der Waals surface area contributed by atoms with Gasteiger partial charge in [-0.05, 0) is 0 Å². The van der Waals surface area contributed by atoms with E-state index >= 15 is 0 Å². The summed E-state index contributed by atoms with van der Waals surface area (Å²) in [5.74, 6) is -2.78. The molecule has 0 unspecified atom stereocenters. The minimum Gasteiger partial charge on any atom is -0.348 e. The van der Waals surface area contributed by atoms with Crippen LogP contribution in [0.3, 0.4) is 0 Å². The lowest BCUT2D eigenvalue weighted by atomic mass is 10.3. The van der Waals surface area contributed by atoms with Crippen molar-refractivity contribution >= 4 is 52.8 Å². The van der Waals surface area contributed by atoms with Crippen molar-refractivity contribution < 1.29 is 8.78 Å².